The van der Waals surface area contributed by atoms with E-state index in [1.54, 1.807) is 7.11 Å². The minimum atomic E-state index is -0.432. The second kappa shape index (κ2) is 10.0. The number of carbonyl (C=O) groups is 1. The van der Waals surface area contributed by atoms with Gasteiger partial charge in [0.15, 0.2) is 0 Å². The highest BCUT2D eigenvalue weighted by Crippen LogP contribution is 2.29. The first-order valence-corrected chi connectivity index (χ1v) is 8.39. The van der Waals surface area contributed by atoms with Gasteiger partial charge in [-0.3, -0.25) is 0 Å². The van der Waals surface area contributed by atoms with Crippen molar-refractivity contribution in [1.29, 1.82) is 0 Å². The monoisotopic (exact) mass is 421 g/mol. The molecule has 0 heterocycles. The van der Waals surface area contributed by atoms with E-state index in [1.165, 1.54) is 0 Å². The predicted molar refractivity (Wildman–Crippen MR) is 93.7 cm³/mol. The fourth-order valence-corrected chi connectivity index (χ4v) is 2.71. The van der Waals surface area contributed by atoms with Crippen LogP contribution < -0.4 is 5.32 Å². The summed E-state index contributed by atoms with van der Waals surface area (Å²) in [7, 11) is 1.57. The van der Waals surface area contributed by atoms with Crippen molar-refractivity contribution < 1.29 is 19.0 Å². The van der Waals surface area contributed by atoms with Crippen molar-refractivity contribution in [3.63, 3.8) is 0 Å². The van der Waals surface area contributed by atoms with Crippen LogP contribution in [0.2, 0.25) is 0 Å². The zero-order valence-electron chi connectivity index (χ0n) is 13.5. The molecule has 1 amide bonds. The highest BCUT2D eigenvalue weighted by Gasteiger charge is 2.28. The SMILES string of the molecule is CC[C@H](OC(=O)NC(C)C)[C@@H](OCOC)c1ccccc1I. The van der Waals surface area contributed by atoms with E-state index in [4.69, 9.17) is 14.2 Å². The molecule has 0 aromatic heterocycles. The van der Waals surface area contributed by atoms with Gasteiger partial charge in [0.1, 0.15) is 19.0 Å². The summed E-state index contributed by atoms with van der Waals surface area (Å²) in [5.74, 6) is 0. The Balaban J connectivity index is 2.92. The number of benzene rings is 1. The first-order valence-electron chi connectivity index (χ1n) is 7.31. The van der Waals surface area contributed by atoms with Crippen LogP contribution in [-0.2, 0) is 14.2 Å². The molecule has 0 saturated heterocycles. The zero-order valence-corrected chi connectivity index (χ0v) is 15.6. The van der Waals surface area contributed by atoms with Crippen molar-refractivity contribution >= 4 is 28.7 Å². The number of halogens is 1. The first kappa shape index (κ1) is 19.2. The molecule has 0 saturated carbocycles. The second-order valence-electron chi connectivity index (χ2n) is 5.17. The van der Waals surface area contributed by atoms with Crippen molar-refractivity contribution in [3.8, 4) is 0 Å². The Morgan fingerprint density at radius 1 is 1.32 bits per heavy atom. The molecule has 124 valence electrons. The summed E-state index contributed by atoms with van der Waals surface area (Å²) in [6.45, 7) is 5.89. The third kappa shape index (κ3) is 6.10. The maximum atomic E-state index is 11.9. The van der Waals surface area contributed by atoms with Crippen LogP contribution >= 0.6 is 22.6 Å². The molecule has 0 aliphatic carbocycles. The van der Waals surface area contributed by atoms with Gasteiger partial charge >= 0.3 is 6.09 Å². The Hall–Kier alpha value is -0.860. The van der Waals surface area contributed by atoms with Gasteiger partial charge in [0, 0.05) is 16.7 Å². The molecule has 0 fully saturated rings. The smallest absolute Gasteiger partial charge is 0.407 e. The van der Waals surface area contributed by atoms with Crippen molar-refractivity contribution in [2.45, 2.75) is 45.4 Å². The van der Waals surface area contributed by atoms with E-state index in [0.717, 1.165) is 9.13 Å². The van der Waals surface area contributed by atoms with Gasteiger partial charge in [0.25, 0.3) is 0 Å². The fourth-order valence-electron chi connectivity index (χ4n) is 2.01. The van der Waals surface area contributed by atoms with Gasteiger partial charge in [-0.2, -0.15) is 0 Å². The molecule has 0 bridgehead atoms. The molecule has 6 heteroatoms. The lowest BCUT2D eigenvalue weighted by molar-refractivity contribution is -0.117. The lowest BCUT2D eigenvalue weighted by Crippen LogP contribution is -2.36. The number of hydrogen-bond donors (Lipinski definition) is 1. The topological polar surface area (TPSA) is 56.8 Å². The molecule has 0 aliphatic rings. The molecule has 0 unspecified atom stereocenters. The third-order valence-corrected chi connectivity index (χ3v) is 3.96. The van der Waals surface area contributed by atoms with Crippen LogP contribution in [0.5, 0.6) is 0 Å². The molecule has 0 spiro atoms. The molecule has 1 aromatic carbocycles. The highest BCUT2D eigenvalue weighted by atomic mass is 127. The number of ether oxygens (including phenoxy) is 3. The molecule has 1 rings (SSSR count). The zero-order chi connectivity index (χ0) is 16.5. The second-order valence-corrected chi connectivity index (χ2v) is 6.33. The minimum Gasteiger partial charge on any atom is -0.443 e. The number of hydrogen-bond acceptors (Lipinski definition) is 4. The van der Waals surface area contributed by atoms with Crippen LogP contribution in [0.4, 0.5) is 4.79 Å². The molecule has 2 atom stereocenters. The summed E-state index contributed by atoms with van der Waals surface area (Å²) >= 11 is 2.25. The predicted octanol–water partition coefficient (Wildman–Crippen LogP) is 3.87. The van der Waals surface area contributed by atoms with Crippen LogP contribution in [0, 0.1) is 3.57 Å². The van der Waals surface area contributed by atoms with Gasteiger partial charge in [-0.25, -0.2) is 4.79 Å². The lowest BCUT2D eigenvalue weighted by atomic mass is 10.0. The normalized spacial score (nSPS) is 13.7. The van der Waals surface area contributed by atoms with Crippen molar-refractivity contribution in [3.05, 3.63) is 33.4 Å². The fraction of sp³-hybridized carbons (Fsp3) is 0.562. The largest absolute Gasteiger partial charge is 0.443 e. The number of methoxy groups -OCH3 is 1. The van der Waals surface area contributed by atoms with Crippen LogP contribution in [0.3, 0.4) is 0 Å². The van der Waals surface area contributed by atoms with Crippen molar-refractivity contribution in [2.75, 3.05) is 13.9 Å². The number of rotatable bonds is 8. The minimum absolute atomic E-state index is 0.0280. The quantitative estimate of drug-likeness (QED) is 0.512. The summed E-state index contributed by atoms with van der Waals surface area (Å²) in [4.78, 5) is 11.9. The van der Waals surface area contributed by atoms with E-state index in [0.29, 0.717) is 6.42 Å². The van der Waals surface area contributed by atoms with Crippen molar-refractivity contribution in [2.24, 2.45) is 0 Å². The van der Waals surface area contributed by atoms with E-state index in [2.05, 4.69) is 27.9 Å². The first-order chi connectivity index (χ1) is 10.5. The molecular weight excluding hydrogens is 397 g/mol. The highest BCUT2D eigenvalue weighted by molar-refractivity contribution is 14.1. The summed E-state index contributed by atoms with van der Waals surface area (Å²) in [5.41, 5.74) is 0.990. The lowest BCUT2D eigenvalue weighted by Gasteiger charge is -2.27. The van der Waals surface area contributed by atoms with Gasteiger partial charge in [-0.15, -0.1) is 0 Å². The Bertz CT molecular complexity index is 467. The van der Waals surface area contributed by atoms with E-state index in [-0.39, 0.29) is 25.0 Å². The van der Waals surface area contributed by atoms with Crippen LogP contribution in [-0.4, -0.2) is 32.1 Å². The van der Waals surface area contributed by atoms with Gasteiger partial charge in [-0.1, -0.05) is 25.1 Å². The Morgan fingerprint density at radius 2 is 2.00 bits per heavy atom. The Kier molecular flexibility index (Phi) is 8.74. The maximum Gasteiger partial charge on any atom is 0.407 e. The van der Waals surface area contributed by atoms with Crippen LogP contribution in [0.25, 0.3) is 0 Å². The number of amides is 1. The van der Waals surface area contributed by atoms with E-state index in [9.17, 15) is 4.79 Å². The molecule has 22 heavy (non-hydrogen) atoms. The molecule has 1 aromatic rings. The van der Waals surface area contributed by atoms with Crippen LogP contribution in [0.15, 0.2) is 24.3 Å². The van der Waals surface area contributed by atoms with Crippen LogP contribution in [0.1, 0.15) is 38.9 Å². The molecule has 0 aliphatic heterocycles. The van der Waals surface area contributed by atoms with E-state index < -0.39 is 6.09 Å². The van der Waals surface area contributed by atoms with Gasteiger partial charge in [0.2, 0.25) is 0 Å². The molecule has 5 nitrogen and oxygen atoms in total. The number of alkyl carbamates (subject to hydrolysis) is 1. The maximum absolute atomic E-state index is 11.9. The van der Waals surface area contributed by atoms with E-state index >= 15 is 0 Å². The van der Waals surface area contributed by atoms with E-state index in [1.807, 2.05) is 45.0 Å². The summed E-state index contributed by atoms with van der Waals surface area (Å²) in [5, 5.41) is 2.73. The molecular formula is C16H24INO4. The Morgan fingerprint density at radius 3 is 2.55 bits per heavy atom. The average molecular weight is 421 g/mol. The van der Waals surface area contributed by atoms with Gasteiger partial charge in [0.05, 0.1) is 0 Å². The number of carbonyl (C=O) groups excluding carboxylic acids is 1. The van der Waals surface area contributed by atoms with Gasteiger partial charge in [-0.05, 0) is 54.5 Å². The van der Waals surface area contributed by atoms with Gasteiger partial charge < -0.3 is 19.5 Å². The average Bonchev–Trinajstić information content (AvgIpc) is 2.47. The van der Waals surface area contributed by atoms with Crippen molar-refractivity contribution in [1.82, 2.24) is 5.32 Å². The molecule has 1 N–H and O–H groups in total. The number of nitrogens with one attached hydrogen (secondary N) is 1. The Labute approximate surface area is 145 Å². The molecule has 0 radical (unpaired) electrons. The summed E-state index contributed by atoms with van der Waals surface area (Å²) in [6.07, 6.45) is -0.537. The summed E-state index contributed by atoms with van der Waals surface area (Å²) < 4.78 is 17.4. The third-order valence-electron chi connectivity index (χ3n) is 2.98. The summed E-state index contributed by atoms with van der Waals surface area (Å²) in [6, 6.07) is 7.92. The standard InChI is InChI=1S/C16H24INO4/c1-5-14(22-16(19)18-11(2)3)15(21-10-20-4)12-8-6-7-9-13(12)17/h6-9,11,14-15H,5,10H2,1-4H3,(H,18,19)/t14-,15-/m0/s1.